The quantitative estimate of drug-likeness (QED) is 0.279. The molecule has 0 unspecified atom stereocenters. The number of rotatable bonds is 6. The van der Waals surface area contributed by atoms with Crippen LogP contribution in [0.5, 0.6) is 0 Å². The van der Waals surface area contributed by atoms with E-state index in [1.807, 2.05) is 12.1 Å². The van der Waals surface area contributed by atoms with Gasteiger partial charge in [-0.1, -0.05) is 11.6 Å². The molecule has 0 atom stereocenters. The van der Waals surface area contributed by atoms with Gasteiger partial charge in [0.2, 0.25) is 0 Å². The van der Waals surface area contributed by atoms with Crippen molar-refractivity contribution in [1.82, 2.24) is 8.96 Å². The third kappa shape index (κ3) is 4.73. The molecule has 3 heterocycles. The van der Waals surface area contributed by atoms with Crippen LogP contribution in [-0.2, 0) is 14.8 Å². The second kappa shape index (κ2) is 9.65. The Kier molecular flexibility index (Phi) is 6.42. The molecule has 1 saturated heterocycles. The molecule has 1 fully saturated rings. The van der Waals surface area contributed by atoms with Gasteiger partial charge < -0.3 is 9.64 Å². The Bertz CT molecular complexity index is 1510. The van der Waals surface area contributed by atoms with Crippen LogP contribution >= 0.6 is 11.6 Å². The highest BCUT2D eigenvalue weighted by Gasteiger charge is 2.22. The maximum absolute atomic E-state index is 13.5. The number of fused-ring (bicyclic) bond motifs is 1. The maximum atomic E-state index is 13.5. The van der Waals surface area contributed by atoms with Gasteiger partial charge in [-0.2, -0.15) is 0 Å². The monoisotopic (exact) mass is 507 g/mol. The lowest BCUT2D eigenvalue weighted by molar-refractivity contribution is 0.104. The lowest BCUT2D eigenvalue weighted by Crippen LogP contribution is -2.36. The van der Waals surface area contributed by atoms with E-state index in [4.69, 9.17) is 16.3 Å². The molecular formula is C26H22ClN3O4S. The van der Waals surface area contributed by atoms with Crippen LogP contribution in [0.3, 0.4) is 0 Å². The second-order valence-electron chi connectivity index (χ2n) is 8.07. The van der Waals surface area contributed by atoms with Crippen LogP contribution in [0, 0.1) is 0 Å². The minimum Gasteiger partial charge on any atom is -0.378 e. The van der Waals surface area contributed by atoms with Crippen LogP contribution in [0.25, 0.3) is 17.0 Å². The van der Waals surface area contributed by atoms with Crippen molar-refractivity contribution in [2.75, 3.05) is 31.2 Å². The van der Waals surface area contributed by atoms with E-state index in [1.165, 1.54) is 22.2 Å². The fourth-order valence-corrected chi connectivity index (χ4v) is 5.56. The molecule has 4 aromatic rings. The Labute approximate surface area is 208 Å². The number of ether oxygens (including phenoxy) is 1. The number of ketones is 1. The number of anilines is 1. The summed E-state index contributed by atoms with van der Waals surface area (Å²) < 4.78 is 33.7. The Balaban J connectivity index is 1.61. The van der Waals surface area contributed by atoms with Gasteiger partial charge in [-0.25, -0.2) is 12.4 Å². The number of carbonyl (C=O) groups excluding carboxylic acids is 1. The molecule has 1 aliphatic heterocycles. The van der Waals surface area contributed by atoms with Gasteiger partial charge in [0.25, 0.3) is 10.0 Å². The largest absolute Gasteiger partial charge is 0.378 e. The number of benzene rings is 2. The molecule has 2 aromatic carbocycles. The number of allylic oxidation sites excluding steroid dienone is 1. The van der Waals surface area contributed by atoms with E-state index >= 15 is 0 Å². The lowest BCUT2D eigenvalue weighted by Gasteiger charge is -2.29. The summed E-state index contributed by atoms with van der Waals surface area (Å²) in [7, 11) is -3.89. The van der Waals surface area contributed by atoms with E-state index in [2.05, 4.69) is 9.88 Å². The number of carbonyl (C=O) groups is 1. The summed E-state index contributed by atoms with van der Waals surface area (Å²) in [5.74, 6) is -0.196. The number of morpholine rings is 1. The molecular weight excluding hydrogens is 486 g/mol. The summed E-state index contributed by atoms with van der Waals surface area (Å²) in [6.45, 7) is 2.77. The van der Waals surface area contributed by atoms with Crippen LogP contribution in [-0.4, -0.2) is 49.5 Å². The number of aromatic nitrogens is 2. The summed E-state index contributed by atoms with van der Waals surface area (Å²) in [4.78, 5) is 18.9. The van der Waals surface area contributed by atoms with Crippen molar-refractivity contribution in [2.45, 2.75) is 4.90 Å². The van der Waals surface area contributed by atoms with Gasteiger partial charge in [0.15, 0.2) is 5.78 Å². The first kappa shape index (κ1) is 23.3. The lowest BCUT2D eigenvalue weighted by atomic mass is 10.1. The third-order valence-corrected chi connectivity index (χ3v) is 7.85. The maximum Gasteiger partial charge on any atom is 0.268 e. The van der Waals surface area contributed by atoms with Crippen molar-refractivity contribution in [3.63, 3.8) is 0 Å². The summed E-state index contributed by atoms with van der Waals surface area (Å²) in [6, 6.07) is 15.0. The fraction of sp³-hybridized carbons (Fsp3) is 0.154. The minimum absolute atomic E-state index is 0.124. The van der Waals surface area contributed by atoms with E-state index in [9.17, 15) is 13.2 Å². The zero-order valence-electron chi connectivity index (χ0n) is 18.7. The molecule has 0 saturated carbocycles. The van der Waals surface area contributed by atoms with Gasteiger partial charge in [-0.15, -0.1) is 0 Å². The standard InChI is InChI=1S/C26H22ClN3O4S/c27-21-2-5-23(6-3-21)35(32,33)30-18-20(1-8-26(31)19-9-11-28-12-10-19)24-17-22(4-7-25(24)30)29-13-15-34-16-14-29/h1-12,17-18H,13-16H2/b8-1+. The second-order valence-corrected chi connectivity index (χ2v) is 10.3. The third-order valence-electron chi connectivity index (χ3n) is 5.91. The molecule has 35 heavy (non-hydrogen) atoms. The molecule has 0 N–H and O–H groups in total. The molecule has 0 radical (unpaired) electrons. The predicted octanol–water partition coefficient (Wildman–Crippen LogP) is 4.66. The van der Waals surface area contributed by atoms with Crippen LogP contribution in [0.15, 0.2) is 84.2 Å². The number of hydrogen-bond donors (Lipinski definition) is 0. The normalized spacial score (nSPS) is 14.6. The van der Waals surface area contributed by atoms with Crippen LogP contribution < -0.4 is 4.90 Å². The number of hydrogen-bond acceptors (Lipinski definition) is 6. The van der Waals surface area contributed by atoms with E-state index in [0.717, 1.165) is 24.2 Å². The molecule has 5 rings (SSSR count). The van der Waals surface area contributed by atoms with Crippen molar-refractivity contribution in [3.05, 3.63) is 95.4 Å². The van der Waals surface area contributed by atoms with E-state index in [-0.39, 0.29) is 10.7 Å². The minimum atomic E-state index is -3.89. The van der Waals surface area contributed by atoms with E-state index in [1.54, 1.807) is 55.0 Å². The van der Waals surface area contributed by atoms with Crippen molar-refractivity contribution in [1.29, 1.82) is 0 Å². The molecule has 2 aromatic heterocycles. The SMILES string of the molecule is O=C(/C=C/c1cn(S(=O)(=O)c2ccc(Cl)cc2)c2ccc(N3CCOCC3)cc12)c1ccncc1. The molecule has 7 nitrogen and oxygen atoms in total. The highest BCUT2D eigenvalue weighted by molar-refractivity contribution is 7.90. The summed E-state index contributed by atoms with van der Waals surface area (Å²) in [5, 5.41) is 1.18. The van der Waals surface area contributed by atoms with Gasteiger partial charge in [0.05, 0.1) is 23.6 Å². The van der Waals surface area contributed by atoms with E-state index < -0.39 is 10.0 Å². The average Bonchev–Trinajstić information content (AvgIpc) is 3.27. The van der Waals surface area contributed by atoms with Crippen LogP contribution in [0.4, 0.5) is 5.69 Å². The van der Waals surface area contributed by atoms with Crippen molar-refractivity contribution in [2.24, 2.45) is 0 Å². The molecule has 0 spiro atoms. The fourth-order valence-electron chi connectivity index (χ4n) is 4.06. The molecule has 178 valence electrons. The first-order valence-corrected chi connectivity index (χ1v) is 12.9. The van der Waals surface area contributed by atoms with E-state index in [0.29, 0.717) is 34.9 Å². The van der Waals surface area contributed by atoms with Crippen molar-refractivity contribution in [3.8, 4) is 0 Å². The zero-order valence-corrected chi connectivity index (χ0v) is 20.2. The average molecular weight is 508 g/mol. The van der Waals surface area contributed by atoms with Crippen molar-refractivity contribution < 1.29 is 17.9 Å². The van der Waals surface area contributed by atoms with Crippen LogP contribution in [0.2, 0.25) is 5.02 Å². The summed E-state index contributed by atoms with van der Waals surface area (Å²) in [6.07, 6.45) is 7.77. The Morgan fingerprint density at radius 2 is 1.71 bits per heavy atom. The Hall–Kier alpha value is -3.46. The number of nitrogens with zero attached hydrogens (tertiary/aromatic N) is 3. The smallest absolute Gasteiger partial charge is 0.268 e. The van der Waals surface area contributed by atoms with Gasteiger partial charge in [-0.3, -0.25) is 9.78 Å². The van der Waals surface area contributed by atoms with Gasteiger partial charge in [0.1, 0.15) is 0 Å². The predicted molar refractivity (Wildman–Crippen MR) is 137 cm³/mol. The molecule has 0 amide bonds. The van der Waals surface area contributed by atoms with Gasteiger partial charge >= 0.3 is 0 Å². The van der Waals surface area contributed by atoms with Crippen LogP contribution in [0.1, 0.15) is 15.9 Å². The highest BCUT2D eigenvalue weighted by atomic mass is 35.5. The molecule has 1 aliphatic rings. The van der Waals surface area contributed by atoms with Gasteiger partial charge in [-0.05, 0) is 66.7 Å². The Morgan fingerprint density at radius 3 is 2.43 bits per heavy atom. The molecule has 9 heteroatoms. The highest BCUT2D eigenvalue weighted by Crippen LogP contribution is 2.31. The summed E-state index contributed by atoms with van der Waals surface area (Å²) >= 11 is 5.96. The number of pyridine rings is 1. The topological polar surface area (TPSA) is 81.5 Å². The molecule has 0 bridgehead atoms. The number of halogens is 1. The zero-order chi connectivity index (χ0) is 24.4. The first-order valence-electron chi connectivity index (χ1n) is 11.0. The first-order chi connectivity index (χ1) is 16.9. The summed E-state index contributed by atoms with van der Waals surface area (Å²) in [5.41, 5.74) is 2.61. The van der Waals surface area contributed by atoms with Crippen molar-refractivity contribution >= 4 is 50.1 Å². The molecule has 0 aliphatic carbocycles. The Morgan fingerprint density at radius 1 is 1.00 bits per heavy atom. The van der Waals surface area contributed by atoms with Gasteiger partial charge in [0, 0.05) is 58.9 Å².